The number of fused-ring (bicyclic) bond motifs is 1. The predicted octanol–water partition coefficient (Wildman–Crippen LogP) is 4.28. The summed E-state index contributed by atoms with van der Waals surface area (Å²) in [5, 5.41) is 0. The molecule has 3 N–H and O–H groups in total. The van der Waals surface area contributed by atoms with Crippen LogP contribution in [0.1, 0.15) is 17.4 Å². The summed E-state index contributed by atoms with van der Waals surface area (Å²) in [4.78, 5) is 11.6. The smallest absolute Gasteiger partial charge is 0.194 e. The summed E-state index contributed by atoms with van der Waals surface area (Å²) in [5.74, 6) is -3.46. The van der Waals surface area contributed by atoms with Crippen LogP contribution in [0.2, 0.25) is 0 Å². The van der Waals surface area contributed by atoms with Gasteiger partial charge < -0.3 is 10.7 Å². The molecular weight excluding hydrogens is 353 g/mol. The average Bonchev–Trinajstić information content (AvgIpc) is 3.10. The zero-order valence-corrected chi connectivity index (χ0v) is 14.1. The van der Waals surface area contributed by atoms with Gasteiger partial charge in [-0.25, -0.2) is 18.2 Å². The minimum atomic E-state index is -1.49. The summed E-state index contributed by atoms with van der Waals surface area (Å²) in [6.07, 6.45) is 3.55. The maximum atomic E-state index is 13.4. The number of aromatic nitrogens is 3. The Morgan fingerprint density at radius 2 is 1.63 bits per heavy atom. The third-order valence-corrected chi connectivity index (χ3v) is 4.36. The highest BCUT2D eigenvalue weighted by Crippen LogP contribution is 2.25. The number of rotatable bonds is 4. The van der Waals surface area contributed by atoms with E-state index in [-0.39, 0.29) is 12.0 Å². The third-order valence-electron chi connectivity index (χ3n) is 4.36. The molecule has 0 saturated heterocycles. The van der Waals surface area contributed by atoms with E-state index in [1.54, 1.807) is 12.4 Å². The molecule has 0 radical (unpaired) electrons. The van der Waals surface area contributed by atoms with E-state index in [0.29, 0.717) is 5.82 Å². The Hall–Kier alpha value is -3.19. The fourth-order valence-corrected chi connectivity index (χ4v) is 3.01. The molecule has 4 aromatic rings. The van der Waals surface area contributed by atoms with Crippen molar-refractivity contribution >= 4 is 11.0 Å². The van der Waals surface area contributed by atoms with Crippen LogP contribution >= 0.6 is 0 Å². The van der Waals surface area contributed by atoms with Crippen molar-refractivity contribution in [2.24, 2.45) is 5.73 Å². The topological polar surface area (TPSA) is 67.6 Å². The number of benzene rings is 2. The van der Waals surface area contributed by atoms with Gasteiger partial charge in [0.25, 0.3) is 0 Å². The average molecular weight is 368 g/mol. The van der Waals surface area contributed by atoms with E-state index >= 15 is 0 Å². The number of hydrogen-bond acceptors (Lipinski definition) is 3. The quantitative estimate of drug-likeness (QED) is 0.528. The van der Waals surface area contributed by atoms with Gasteiger partial charge in [0.2, 0.25) is 0 Å². The number of pyridine rings is 1. The van der Waals surface area contributed by atoms with E-state index in [9.17, 15) is 13.2 Å². The number of nitrogens with two attached hydrogens (primary N) is 1. The molecule has 1 atom stereocenters. The number of nitrogens with one attached hydrogen (secondary N) is 1. The second kappa shape index (κ2) is 6.85. The lowest BCUT2D eigenvalue weighted by atomic mass is 10.1. The normalized spacial score (nSPS) is 12.4. The van der Waals surface area contributed by atoms with Gasteiger partial charge in [-0.15, -0.1) is 0 Å². The first kappa shape index (κ1) is 17.2. The predicted molar refractivity (Wildman–Crippen MR) is 96.3 cm³/mol. The minimum absolute atomic E-state index is 0.116. The van der Waals surface area contributed by atoms with Gasteiger partial charge in [0.1, 0.15) is 5.82 Å². The van der Waals surface area contributed by atoms with Crippen LogP contribution in [-0.4, -0.2) is 15.0 Å². The van der Waals surface area contributed by atoms with Gasteiger partial charge in [-0.3, -0.25) is 4.98 Å². The molecule has 136 valence electrons. The Morgan fingerprint density at radius 1 is 0.926 bits per heavy atom. The SMILES string of the molecule is N[C@H](Cc1cc(F)c(F)c(F)c1)c1nc2ccc(-c3ccncc3)cc2[nH]1. The summed E-state index contributed by atoms with van der Waals surface area (Å²) in [7, 11) is 0. The zero-order chi connectivity index (χ0) is 19.0. The van der Waals surface area contributed by atoms with E-state index < -0.39 is 23.5 Å². The Labute approximate surface area is 152 Å². The molecule has 0 aliphatic rings. The van der Waals surface area contributed by atoms with Gasteiger partial charge in [0.05, 0.1) is 17.1 Å². The molecule has 2 heterocycles. The number of hydrogen-bond donors (Lipinski definition) is 2. The Bertz CT molecular complexity index is 1090. The molecule has 4 nitrogen and oxygen atoms in total. The maximum absolute atomic E-state index is 13.4. The lowest BCUT2D eigenvalue weighted by molar-refractivity contribution is 0.444. The number of nitrogens with zero attached hydrogens (tertiary/aromatic N) is 2. The van der Waals surface area contributed by atoms with Crippen LogP contribution in [0.5, 0.6) is 0 Å². The lowest BCUT2D eigenvalue weighted by Crippen LogP contribution is -2.15. The van der Waals surface area contributed by atoms with Gasteiger partial charge in [-0.05, 0) is 59.5 Å². The highest BCUT2D eigenvalue weighted by molar-refractivity contribution is 5.82. The lowest BCUT2D eigenvalue weighted by Gasteiger charge is -2.09. The summed E-state index contributed by atoms with van der Waals surface area (Å²) < 4.78 is 39.8. The largest absolute Gasteiger partial charge is 0.341 e. The summed E-state index contributed by atoms with van der Waals surface area (Å²) in [6, 6.07) is 10.8. The first-order chi connectivity index (χ1) is 13.0. The number of H-pyrrole nitrogens is 1. The maximum Gasteiger partial charge on any atom is 0.194 e. The second-order valence-corrected chi connectivity index (χ2v) is 6.27. The fourth-order valence-electron chi connectivity index (χ4n) is 3.01. The highest BCUT2D eigenvalue weighted by atomic mass is 19.2. The first-order valence-electron chi connectivity index (χ1n) is 8.30. The summed E-state index contributed by atoms with van der Waals surface area (Å²) in [6.45, 7) is 0. The molecule has 0 spiro atoms. The van der Waals surface area contributed by atoms with Crippen LogP contribution in [0.3, 0.4) is 0 Å². The molecule has 0 aliphatic heterocycles. The number of aromatic amines is 1. The highest BCUT2D eigenvalue weighted by Gasteiger charge is 2.16. The van der Waals surface area contributed by atoms with Gasteiger partial charge in [-0.1, -0.05) is 6.07 Å². The van der Waals surface area contributed by atoms with E-state index in [2.05, 4.69) is 15.0 Å². The molecule has 0 amide bonds. The standard InChI is InChI=1S/C20H15F3N4/c21-14-7-11(8-15(22)19(14)23)9-16(24)20-26-17-2-1-13(10-18(17)27-20)12-3-5-25-6-4-12/h1-8,10,16H,9,24H2,(H,26,27)/t16-/m1/s1. The molecule has 27 heavy (non-hydrogen) atoms. The molecule has 0 saturated carbocycles. The minimum Gasteiger partial charge on any atom is -0.341 e. The van der Waals surface area contributed by atoms with Gasteiger partial charge >= 0.3 is 0 Å². The van der Waals surface area contributed by atoms with E-state index in [1.165, 1.54) is 0 Å². The molecule has 7 heteroatoms. The van der Waals surface area contributed by atoms with Gasteiger partial charge in [-0.2, -0.15) is 0 Å². The Kier molecular flexibility index (Phi) is 4.37. The van der Waals surface area contributed by atoms with Crippen molar-refractivity contribution in [1.82, 2.24) is 15.0 Å². The second-order valence-electron chi connectivity index (χ2n) is 6.27. The van der Waals surface area contributed by atoms with Crippen molar-refractivity contribution in [3.8, 4) is 11.1 Å². The van der Waals surface area contributed by atoms with Crippen molar-refractivity contribution < 1.29 is 13.2 Å². The Balaban J connectivity index is 1.62. The van der Waals surface area contributed by atoms with Gasteiger partial charge in [0, 0.05) is 12.4 Å². The van der Waals surface area contributed by atoms with Crippen molar-refractivity contribution in [1.29, 1.82) is 0 Å². The monoisotopic (exact) mass is 368 g/mol. The van der Waals surface area contributed by atoms with Crippen LogP contribution in [0.15, 0.2) is 54.9 Å². The van der Waals surface area contributed by atoms with Crippen LogP contribution in [0.25, 0.3) is 22.2 Å². The first-order valence-corrected chi connectivity index (χ1v) is 8.30. The fraction of sp³-hybridized carbons (Fsp3) is 0.100. The molecule has 0 bridgehead atoms. The molecular formula is C20H15F3N4. The van der Waals surface area contributed by atoms with E-state index in [4.69, 9.17) is 5.73 Å². The van der Waals surface area contributed by atoms with E-state index in [1.807, 2.05) is 30.3 Å². The van der Waals surface area contributed by atoms with Crippen molar-refractivity contribution in [3.63, 3.8) is 0 Å². The molecule has 4 rings (SSSR count). The van der Waals surface area contributed by atoms with Gasteiger partial charge in [0.15, 0.2) is 17.5 Å². The van der Waals surface area contributed by atoms with Crippen molar-refractivity contribution in [2.75, 3.05) is 0 Å². The van der Waals surface area contributed by atoms with Crippen molar-refractivity contribution in [3.05, 3.63) is 83.7 Å². The molecule has 2 aromatic carbocycles. The zero-order valence-electron chi connectivity index (χ0n) is 14.1. The number of halogens is 3. The van der Waals surface area contributed by atoms with Crippen LogP contribution < -0.4 is 5.73 Å². The molecule has 0 unspecified atom stereocenters. The molecule has 2 aromatic heterocycles. The number of imidazole rings is 1. The summed E-state index contributed by atoms with van der Waals surface area (Å²) in [5.41, 5.74) is 9.94. The van der Waals surface area contributed by atoms with Crippen LogP contribution in [0, 0.1) is 17.5 Å². The molecule has 0 fully saturated rings. The van der Waals surface area contributed by atoms with Crippen molar-refractivity contribution in [2.45, 2.75) is 12.5 Å². The summed E-state index contributed by atoms with van der Waals surface area (Å²) >= 11 is 0. The van der Waals surface area contributed by atoms with E-state index in [0.717, 1.165) is 34.3 Å². The van der Waals surface area contributed by atoms with Crippen LogP contribution in [-0.2, 0) is 6.42 Å². The van der Waals surface area contributed by atoms with Crippen LogP contribution in [0.4, 0.5) is 13.2 Å². The third kappa shape index (κ3) is 3.41. The molecule has 0 aliphatic carbocycles. The Morgan fingerprint density at radius 3 is 2.33 bits per heavy atom.